The van der Waals surface area contributed by atoms with Crippen molar-refractivity contribution in [2.75, 3.05) is 64.1 Å². The van der Waals surface area contributed by atoms with E-state index in [1.165, 1.54) is 12.1 Å². The average Bonchev–Trinajstić information content (AvgIpc) is 3.25. The lowest BCUT2D eigenvalue weighted by Crippen LogP contribution is -2.26. The maximum absolute atomic E-state index is 13.2. The van der Waals surface area contributed by atoms with E-state index < -0.39 is 11.9 Å². The number of phenols is 1. The zero-order valence-corrected chi connectivity index (χ0v) is 33.4. The molecule has 0 heterocycles. The number of nitriles is 4. The van der Waals surface area contributed by atoms with Gasteiger partial charge in [0.25, 0.3) is 0 Å². The fraction of sp³-hybridized carbons (Fsp3) is 0.318. The second-order valence-electron chi connectivity index (χ2n) is 12.8. The van der Waals surface area contributed by atoms with Gasteiger partial charge in [0, 0.05) is 53.0 Å². The fourth-order valence-electron chi connectivity index (χ4n) is 6.31. The van der Waals surface area contributed by atoms with Gasteiger partial charge in [-0.05, 0) is 62.8 Å². The Labute approximate surface area is 346 Å². The standard InChI is InChI=1S/C44H42N6O10/c1-4-49(5-2)32-11-12-33(36(52)21-32)42-43(55)41(44(42)56)28-7-9-31(10-8-28)50(6-3)15-17-59-39(53)13-14-40(54)60-20-19-58-38-23-34(29(24-45)25-46)37(57-18-16-51)22-35(38)30(26-47)27-48/h7-12,21-23,51H,4-6,13-20H2,1-3H3,(H,55,56)/p+1. The van der Waals surface area contributed by atoms with Crippen molar-refractivity contribution in [1.82, 2.24) is 0 Å². The third-order valence-corrected chi connectivity index (χ3v) is 9.39. The van der Waals surface area contributed by atoms with Crippen molar-refractivity contribution in [1.29, 1.82) is 21.0 Å². The Balaban J connectivity index is 1.29. The van der Waals surface area contributed by atoms with Crippen LogP contribution >= 0.6 is 0 Å². The van der Waals surface area contributed by atoms with Crippen LogP contribution in [-0.4, -0.2) is 103 Å². The topological polar surface area (TPSA) is 250 Å². The van der Waals surface area contributed by atoms with Gasteiger partial charge < -0.3 is 39.2 Å². The Hall–Kier alpha value is -7.66. The van der Waals surface area contributed by atoms with Crippen LogP contribution in [0.1, 0.15) is 39.2 Å². The molecule has 2 aliphatic carbocycles. The number of nitrogens with zero attached hydrogens (tertiary/aromatic N) is 6. The first-order valence-corrected chi connectivity index (χ1v) is 19.0. The van der Waals surface area contributed by atoms with Crippen LogP contribution in [0.2, 0.25) is 0 Å². The zero-order valence-electron chi connectivity index (χ0n) is 33.4. The Morgan fingerprint density at radius 3 is 1.77 bits per heavy atom. The van der Waals surface area contributed by atoms with Gasteiger partial charge in [0.05, 0.1) is 30.6 Å². The molecule has 0 amide bonds. The lowest BCUT2D eigenvalue weighted by Gasteiger charge is -2.25. The van der Waals surface area contributed by atoms with Gasteiger partial charge >= 0.3 is 11.9 Å². The third kappa shape index (κ3) is 10.6. The second-order valence-corrected chi connectivity index (χ2v) is 12.8. The number of rotatable bonds is 18. The van der Waals surface area contributed by atoms with E-state index in [4.69, 9.17) is 24.1 Å². The largest absolute Gasteiger partial charge is 0.507 e. The van der Waals surface area contributed by atoms with Crippen LogP contribution in [0.15, 0.2) is 71.5 Å². The smallest absolute Gasteiger partial charge is 0.306 e. The number of ether oxygens (including phenoxy) is 4. The van der Waals surface area contributed by atoms with Crippen molar-refractivity contribution in [2.45, 2.75) is 33.6 Å². The summed E-state index contributed by atoms with van der Waals surface area (Å²) in [7, 11) is 0. The monoisotopic (exact) mass is 815 g/mol. The molecule has 0 aliphatic heterocycles. The maximum atomic E-state index is 13.2. The molecule has 60 heavy (non-hydrogen) atoms. The van der Waals surface area contributed by atoms with Gasteiger partial charge in [-0.25, -0.2) is 4.58 Å². The van der Waals surface area contributed by atoms with Gasteiger partial charge in [-0.2, -0.15) is 21.0 Å². The number of aliphatic hydroxyl groups excluding tert-OH is 2. The van der Waals surface area contributed by atoms with E-state index >= 15 is 0 Å². The summed E-state index contributed by atoms with van der Waals surface area (Å²) < 4.78 is 23.5. The second kappa shape index (κ2) is 21.8. The highest BCUT2D eigenvalue weighted by molar-refractivity contribution is 6.40. The molecule has 2 aromatic carbocycles. The predicted molar refractivity (Wildman–Crippen MR) is 216 cm³/mol. The van der Waals surface area contributed by atoms with E-state index in [9.17, 15) is 45.6 Å². The maximum Gasteiger partial charge on any atom is 0.306 e. The number of carbonyl (C=O) groups is 3. The number of esters is 2. The van der Waals surface area contributed by atoms with Crippen LogP contribution in [0.5, 0.6) is 17.2 Å². The highest BCUT2D eigenvalue weighted by Gasteiger charge is 2.38. The van der Waals surface area contributed by atoms with Crippen molar-refractivity contribution in [2.24, 2.45) is 0 Å². The van der Waals surface area contributed by atoms with Crippen molar-refractivity contribution >= 4 is 45.8 Å². The minimum absolute atomic E-state index is 0.00281. The molecule has 0 fully saturated rings. The summed E-state index contributed by atoms with van der Waals surface area (Å²) in [4.78, 5) is 40.0. The number of hydrogen-bond donors (Lipinski definition) is 3. The molecule has 0 saturated heterocycles. The lowest BCUT2D eigenvalue weighted by molar-refractivity contribution is -0.524. The van der Waals surface area contributed by atoms with Crippen LogP contribution in [-0.2, 0) is 23.9 Å². The number of aromatic hydroxyl groups is 1. The van der Waals surface area contributed by atoms with Gasteiger partial charge in [-0.15, -0.1) is 0 Å². The number of hydrogen-bond acceptors (Lipinski definition) is 15. The molecular formula is C44H43N6O10+. The van der Waals surface area contributed by atoms with E-state index in [1.54, 1.807) is 66.8 Å². The van der Waals surface area contributed by atoms with E-state index in [1.807, 2.05) is 25.3 Å². The van der Waals surface area contributed by atoms with Crippen LogP contribution in [0.4, 0.5) is 5.69 Å². The molecule has 16 nitrogen and oxygen atoms in total. The Kier molecular flexibility index (Phi) is 16.3. The summed E-state index contributed by atoms with van der Waals surface area (Å²) in [6.45, 7) is 7.22. The van der Waals surface area contributed by atoms with Crippen LogP contribution < -0.4 is 24.8 Å². The van der Waals surface area contributed by atoms with Gasteiger partial charge in [0.1, 0.15) is 91.4 Å². The Morgan fingerprint density at radius 1 is 0.733 bits per heavy atom. The van der Waals surface area contributed by atoms with Crippen LogP contribution in [0.25, 0.3) is 16.7 Å². The van der Waals surface area contributed by atoms with E-state index in [2.05, 4.69) is 4.90 Å². The van der Waals surface area contributed by atoms with Crippen molar-refractivity contribution in [3.63, 3.8) is 0 Å². The number of anilines is 1. The van der Waals surface area contributed by atoms with Crippen LogP contribution in [0, 0.1) is 45.3 Å². The quantitative estimate of drug-likeness (QED) is 0.0847. The summed E-state index contributed by atoms with van der Waals surface area (Å²) in [5, 5.41) is 68.5. The average molecular weight is 816 g/mol. The molecule has 0 bridgehead atoms. The first kappa shape index (κ1) is 45.0. The number of benzene rings is 2. The summed E-state index contributed by atoms with van der Waals surface area (Å²) in [5.74, 6) is -2.10. The molecule has 0 spiro atoms. The molecule has 16 heteroatoms. The van der Waals surface area contributed by atoms with Crippen molar-refractivity contribution < 1.29 is 53.2 Å². The van der Waals surface area contributed by atoms with Gasteiger partial charge in [0.15, 0.2) is 12.3 Å². The molecule has 0 unspecified atom stereocenters. The first-order chi connectivity index (χ1) is 29.0. The summed E-state index contributed by atoms with van der Waals surface area (Å²) in [6, 6.07) is 14.4. The summed E-state index contributed by atoms with van der Waals surface area (Å²) >= 11 is 0. The third-order valence-electron chi connectivity index (χ3n) is 9.39. The lowest BCUT2D eigenvalue weighted by atomic mass is 9.79. The molecule has 0 saturated carbocycles. The molecule has 2 aliphatic rings. The summed E-state index contributed by atoms with van der Waals surface area (Å²) in [5.41, 5.74) is 1.87. The number of phenolic OH excluding ortho intramolecular Hbond substituents is 1. The normalized spacial score (nSPS) is 12.7. The number of allylic oxidation sites excluding steroid dienone is 7. The highest BCUT2D eigenvalue weighted by atomic mass is 16.6. The molecule has 0 radical (unpaired) electrons. The van der Waals surface area contributed by atoms with Gasteiger partial charge in [-0.3, -0.25) is 14.4 Å². The number of aliphatic hydroxyl groups is 2. The number of carbonyl (C=O) groups excluding carboxylic acids is 3. The minimum Gasteiger partial charge on any atom is -0.507 e. The highest BCUT2D eigenvalue weighted by Crippen LogP contribution is 2.42. The van der Waals surface area contributed by atoms with E-state index in [0.29, 0.717) is 18.7 Å². The van der Waals surface area contributed by atoms with Gasteiger partial charge in [-0.1, -0.05) is 0 Å². The summed E-state index contributed by atoms with van der Waals surface area (Å²) in [6.07, 6.45) is 6.44. The molecule has 2 aromatic rings. The molecule has 308 valence electrons. The zero-order chi connectivity index (χ0) is 43.8. The van der Waals surface area contributed by atoms with E-state index in [-0.39, 0.29) is 113 Å². The fourth-order valence-corrected chi connectivity index (χ4v) is 6.31. The minimum atomic E-state index is -0.716. The molecule has 0 aromatic heterocycles. The first-order valence-electron chi connectivity index (χ1n) is 19.0. The van der Waals surface area contributed by atoms with Gasteiger partial charge in [0.2, 0.25) is 5.78 Å². The predicted octanol–water partition coefficient (Wildman–Crippen LogP) is 2.70. The Bertz CT molecular complexity index is 2450. The van der Waals surface area contributed by atoms with E-state index in [0.717, 1.165) is 24.5 Å². The number of likely N-dealkylation sites (N-methyl/N-ethyl adjacent to an activating group) is 1. The van der Waals surface area contributed by atoms with Crippen LogP contribution in [0.3, 0.4) is 0 Å². The Morgan fingerprint density at radius 2 is 1.28 bits per heavy atom. The van der Waals surface area contributed by atoms with Crippen molar-refractivity contribution in [3.8, 4) is 41.5 Å². The molecule has 0 atom stereocenters. The van der Waals surface area contributed by atoms with Crippen molar-refractivity contribution in [3.05, 3.63) is 87.5 Å². The molecule has 4 rings (SSSR count). The number of ketones is 1. The molecule has 3 N–H and O–H groups in total. The molecular weight excluding hydrogens is 773 g/mol. The SMILES string of the molecule is CCN(CC)c1ccc(C2=C(O)C(=C3C=CC(=[N+](CC)CCOC(=O)CCC(=O)OCCOc4cc(=C(C#N)C#N)c(OCCO)cc4=C(C#N)C#N)C=C3)C2=O)c(O)c1. The number of Topliss-reactive ketones (excluding diaryl/α,β-unsaturated/α-hetero) is 1.